The molecule has 1 atom stereocenters. The average Bonchev–Trinajstić information content (AvgIpc) is 2.92. The van der Waals surface area contributed by atoms with Gasteiger partial charge in [-0.3, -0.25) is 9.59 Å². The molecule has 0 aromatic heterocycles. The molecule has 0 amide bonds. The molecule has 4 aromatic rings. The number of aliphatic carboxylic acids is 1. The molecule has 0 saturated carbocycles. The second-order valence-electron chi connectivity index (χ2n) is 9.00. The van der Waals surface area contributed by atoms with Crippen molar-refractivity contribution in [1.29, 1.82) is 0 Å². The van der Waals surface area contributed by atoms with Gasteiger partial charge in [-0.15, -0.1) is 0 Å². The molecular weight excluding hydrogens is 460 g/mol. The van der Waals surface area contributed by atoms with Crippen LogP contribution in [0.4, 0.5) is 0 Å². The van der Waals surface area contributed by atoms with Crippen LogP contribution in [0.3, 0.4) is 0 Å². The van der Waals surface area contributed by atoms with Gasteiger partial charge in [0.05, 0.1) is 5.92 Å². The van der Waals surface area contributed by atoms with Crippen LogP contribution in [0.25, 0.3) is 11.1 Å². The molecule has 0 heterocycles. The fourth-order valence-electron chi connectivity index (χ4n) is 4.17. The van der Waals surface area contributed by atoms with E-state index in [0.29, 0.717) is 12.0 Å². The monoisotopic (exact) mass is 488 g/mol. The van der Waals surface area contributed by atoms with Crippen molar-refractivity contribution in [3.8, 4) is 28.7 Å². The highest BCUT2D eigenvalue weighted by Gasteiger charge is 2.21. The van der Waals surface area contributed by atoms with Crippen LogP contribution in [0.5, 0.6) is 5.75 Å². The van der Waals surface area contributed by atoms with Gasteiger partial charge in [0.25, 0.3) is 0 Å². The average molecular weight is 489 g/mol. The van der Waals surface area contributed by atoms with Crippen molar-refractivity contribution >= 4 is 11.8 Å². The number of carboxylic acids is 1. The molecule has 0 fully saturated rings. The molecule has 0 radical (unpaired) electrons. The SMILES string of the molecule is O=C(CC(CCCc1ccccc1)C(=O)O)c1ccc(-c2ccc(C#Cc3cccc(O)c3)cc2)cc1. The summed E-state index contributed by atoms with van der Waals surface area (Å²) in [5, 5.41) is 19.2. The maximum atomic E-state index is 12.8. The number of aromatic hydroxyl groups is 1. The summed E-state index contributed by atoms with van der Waals surface area (Å²) in [4.78, 5) is 24.5. The van der Waals surface area contributed by atoms with Gasteiger partial charge in [-0.05, 0) is 66.3 Å². The number of carboxylic acid groups (broad SMARTS) is 1. The molecule has 4 rings (SSSR count). The zero-order valence-corrected chi connectivity index (χ0v) is 20.4. The molecule has 37 heavy (non-hydrogen) atoms. The third-order valence-electron chi connectivity index (χ3n) is 6.26. The van der Waals surface area contributed by atoms with Crippen LogP contribution in [-0.4, -0.2) is 22.0 Å². The van der Waals surface area contributed by atoms with Gasteiger partial charge in [0.1, 0.15) is 5.75 Å². The van der Waals surface area contributed by atoms with E-state index < -0.39 is 11.9 Å². The molecular formula is C33H28O4. The molecule has 0 aliphatic rings. The number of aryl methyl sites for hydroxylation is 1. The highest BCUT2D eigenvalue weighted by molar-refractivity contribution is 5.98. The van der Waals surface area contributed by atoms with Crippen molar-refractivity contribution in [3.05, 3.63) is 125 Å². The molecule has 4 heteroatoms. The van der Waals surface area contributed by atoms with Crippen LogP contribution < -0.4 is 0 Å². The Morgan fingerprint density at radius 3 is 2.03 bits per heavy atom. The largest absolute Gasteiger partial charge is 0.508 e. The second kappa shape index (κ2) is 12.4. The zero-order chi connectivity index (χ0) is 26.0. The molecule has 2 N–H and O–H groups in total. The van der Waals surface area contributed by atoms with Crippen LogP contribution in [0.1, 0.15) is 46.3 Å². The topological polar surface area (TPSA) is 74.6 Å². The van der Waals surface area contributed by atoms with E-state index >= 15 is 0 Å². The van der Waals surface area contributed by atoms with E-state index in [4.69, 9.17) is 0 Å². The van der Waals surface area contributed by atoms with Gasteiger partial charge in [0.15, 0.2) is 5.78 Å². The van der Waals surface area contributed by atoms with Crippen molar-refractivity contribution in [2.45, 2.75) is 25.7 Å². The smallest absolute Gasteiger partial charge is 0.306 e. The molecule has 0 aliphatic carbocycles. The first-order valence-electron chi connectivity index (χ1n) is 12.3. The van der Waals surface area contributed by atoms with Crippen molar-refractivity contribution in [2.24, 2.45) is 5.92 Å². The number of carbonyl (C=O) groups is 2. The summed E-state index contributed by atoms with van der Waals surface area (Å²) < 4.78 is 0. The number of benzene rings is 4. The number of phenols is 1. The minimum Gasteiger partial charge on any atom is -0.508 e. The summed E-state index contributed by atoms with van der Waals surface area (Å²) in [7, 11) is 0. The number of hydrogen-bond acceptors (Lipinski definition) is 3. The Hall–Kier alpha value is -4.62. The summed E-state index contributed by atoms with van der Waals surface area (Å²) in [5.41, 5.74) is 5.24. The standard InChI is InChI=1S/C33H28O4/c34-31-11-5-9-26(22-31)13-12-25-14-16-27(17-15-25)28-18-20-29(21-19-28)32(35)23-30(33(36)37)10-4-8-24-6-2-1-3-7-24/h1-3,5-7,9,11,14-22,30,34H,4,8,10,23H2,(H,36,37). The number of Topliss-reactive ketones (excluding diaryl/α,β-unsaturated/α-hetero) is 1. The van der Waals surface area contributed by atoms with Gasteiger partial charge in [0, 0.05) is 23.1 Å². The maximum Gasteiger partial charge on any atom is 0.306 e. The summed E-state index contributed by atoms with van der Waals surface area (Å²) in [5.74, 6) is 4.54. The Balaban J connectivity index is 1.35. The third kappa shape index (κ3) is 7.43. The Kier molecular flexibility index (Phi) is 8.52. The van der Waals surface area contributed by atoms with Gasteiger partial charge < -0.3 is 10.2 Å². The first-order chi connectivity index (χ1) is 18.0. The lowest BCUT2D eigenvalue weighted by molar-refractivity contribution is -0.141. The highest BCUT2D eigenvalue weighted by atomic mass is 16.4. The number of rotatable bonds is 9. The fraction of sp³-hybridized carbons (Fsp3) is 0.152. The molecule has 0 aliphatic heterocycles. The Bertz CT molecular complexity index is 1410. The molecule has 4 aromatic carbocycles. The molecule has 0 spiro atoms. The predicted molar refractivity (Wildman–Crippen MR) is 145 cm³/mol. The molecule has 184 valence electrons. The van der Waals surface area contributed by atoms with Gasteiger partial charge in [-0.1, -0.05) is 84.6 Å². The van der Waals surface area contributed by atoms with Crippen LogP contribution in [0.15, 0.2) is 103 Å². The van der Waals surface area contributed by atoms with E-state index in [1.807, 2.05) is 72.8 Å². The first kappa shape index (κ1) is 25.5. The summed E-state index contributed by atoms with van der Waals surface area (Å²) in [6, 6.07) is 31.9. The first-order valence-corrected chi connectivity index (χ1v) is 12.3. The van der Waals surface area contributed by atoms with E-state index in [1.54, 1.807) is 30.3 Å². The zero-order valence-electron chi connectivity index (χ0n) is 20.4. The Morgan fingerprint density at radius 2 is 1.38 bits per heavy atom. The van der Waals surface area contributed by atoms with Crippen LogP contribution in [0, 0.1) is 17.8 Å². The fourth-order valence-corrected chi connectivity index (χ4v) is 4.17. The minimum atomic E-state index is -0.926. The number of phenolic OH excluding ortho intramolecular Hbond substituents is 1. The quantitative estimate of drug-likeness (QED) is 0.202. The van der Waals surface area contributed by atoms with Crippen LogP contribution in [-0.2, 0) is 11.2 Å². The highest BCUT2D eigenvalue weighted by Crippen LogP contribution is 2.23. The molecule has 0 bridgehead atoms. The second-order valence-corrected chi connectivity index (χ2v) is 9.00. The molecule has 0 saturated heterocycles. The van der Waals surface area contributed by atoms with Crippen molar-refractivity contribution in [1.82, 2.24) is 0 Å². The van der Waals surface area contributed by atoms with Gasteiger partial charge in [-0.25, -0.2) is 0 Å². The van der Waals surface area contributed by atoms with Crippen molar-refractivity contribution < 1.29 is 19.8 Å². The van der Waals surface area contributed by atoms with E-state index in [0.717, 1.165) is 35.1 Å². The van der Waals surface area contributed by atoms with Gasteiger partial charge in [0.2, 0.25) is 0 Å². The summed E-state index contributed by atoms with van der Waals surface area (Å²) in [6.07, 6.45) is 1.99. The van der Waals surface area contributed by atoms with E-state index in [-0.39, 0.29) is 18.0 Å². The van der Waals surface area contributed by atoms with Crippen molar-refractivity contribution in [3.63, 3.8) is 0 Å². The predicted octanol–water partition coefficient (Wildman–Crippen LogP) is 6.76. The van der Waals surface area contributed by atoms with E-state index in [9.17, 15) is 19.8 Å². The van der Waals surface area contributed by atoms with Crippen molar-refractivity contribution in [2.75, 3.05) is 0 Å². The lowest BCUT2D eigenvalue weighted by atomic mass is 9.92. The Labute approximate surface area is 217 Å². The lowest BCUT2D eigenvalue weighted by Gasteiger charge is -2.12. The normalized spacial score (nSPS) is 11.2. The minimum absolute atomic E-state index is 0.00394. The van der Waals surface area contributed by atoms with Crippen LogP contribution >= 0.6 is 0 Å². The molecule has 1 unspecified atom stereocenters. The third-order valence-corrected chi connectivity index (χ3v) is 6.26. The summed E-state index contributed by atoms with van der Waals surface area (Å²) in [6.45, 7) is 0. The van der Waals surface area contributed by atoms with Gasteiger partial charge in [-0.2, -0.15) is 0 Å². The maximum absolute atomic E-state index is 12.8. The van der Waals surface area contributed by atoms with E-state index in [1.165, 1.54) is 5.56 Å². The number of ketones is 1. The summed E-state index contributed by atoms with van der Waals surface area (Å²) >= 11 is 0. The van der Waals surface area contributed by atoms with E-state index in [2.05, 4.69) is 11.8 Å². The Morgan fingerprint density at radius 1 is 0.730 bits per heavy atom. The van der Waals surface area contributed by atoms with Crippen LogP contribution in [0.2, 0.25) is 0 Å². The molecule has 4 nitrogen and oxygen atoms in total. The number of hydrogen-bond donors (Lipinski definition) is 2. The lowest BCUT2D eigenvalue weighted by Crippen LogP contribution is -2.18. The van der Waals surface area contributed by atoms with Gasteiger partial charge >= 0.3 is 5.97 Å². The number of carbonyl (C=O) groups excluding carboxylic acids is 1.